The van der Waals surface area contributed by atoms with Crippen molar-refractivity contribution >= 4 is 52.4 Å². The van der Waals surface area contributed by atoms with Gasteiger partial charge in [-0.25, -0.2) is 22.9 Å². The fourth-order valence-electron chi connectivity index (χ4n) is 6.68. The number of nitrogens with zero attached hydrogens (tertiary/aromatic N) is 4. The minimum absolute atomic E-state index is 0.0102. The van der Waals surface area contributed by atoms with Crippen LogP contribution in [0.3, 0.4) is 0 Å². The van der Waals surface area contributed by atoms with Gasteiger partial charge in [0.15, 0.2) is 0 Å². The molecule has 17 heteroatoms. The molecule has 2 aliphatic heterocycles. The molecule has 11 nitrogen and oxygen atoms in total. The van der Waals surface area contributed by atoms with Crippen molar-refractivity contribution in [2.24, 2.45) is 5.92 Å². The Balaban J connectivity index is 1.11. The van der Waals surface area contributed by atoms with Crippen LogP contribution in [0, 0.1) is 17.6 Å². The largest absolute Gasteiger partial charge is 0.506 e. The van der Waals surface area contributed by atoms with Gasteiger partial charge in [0.1, 0.15) is 45.8 Å². The zero-order valence-electron chi connectivity index (χ0n) is 28.1. The fraction of sp³-hybridized carbons (Fsp3) is 0.400. The van der Waals surface area contributed by atoms with E-state index in [2.05, 4.69) is 0 Å². The number of aromatic nitrogens is 4. The van der Waals surface area contributed by atoms with Crippen LogP contribution < -0.4 is 15.9 Å². The molecule has 278 valence electrons. The van der Waals surface area contributed by atoms with E-state index in [0.717, 1.165) is 37.1 Å². The van der Waals surface area contributed by atoms with Gasteiger partial charge in [0.25, 0.3) is 11.1 Å². The molecule has 2 aromatic heterocycles. The molecule has 0 fully saturated rings. The lowest BCUT2D eigenvalue weighted by Gasteiger charge is -2.27. The van der Waals surface area contributed by atoms with Crippen LogP contribution >= 0.6 is 46.4 Å². The lowest BCUT2D eigenvalue weighted by Crippen LogP contribution is -2.34. The number of esters is 1. The molecule has 2 aliphatic rings. The van der Waals surface area contributed by atoms with Gasteiger partial charge in [0, 0.05) is 37.3 Å². The number of benzene rings is 2. The van der Waals surface area contributed by atoms with E-state index < -0.39 is 34.8 Å². The molecule has 1 unspecified atom stereocenters. The standard InChI is InChI=1S/C35H34Cl4F2N4O7/c1-3-50-20(17-51-28-13-22(26(41)15-24(28)37)31-32(38)42-7-4-5-8-44(42)34(31)48)11-29(47)52-18(2)10-19-6-9-43-33(39)30(35(49)45(43)16-19)21-12-27(46)23(36)14-25(21)40/h11-15,18-19,46H,3-10,16-17H2,1-2H3/b20-11+/t18-,19?/m1/s1. The zero-order chi connectivity index (χ0) is 37.4. The normalized spacial score (nSPS) is 16.3. The molecule has 4 aromatic rings. The number of aromatic hydroxyl groups is 1. The van der Waals surface area contributed by atoms with Gasteiger partial charge < -0.3 is 19.3 Å². The molecular weight excluding hydrogens is 768 g/mol. The second-order valence-electron chi connectivity index (χ2n) is 12.6. The third-order valence-electron chi connectivity index (χ3n) is 9.07. The van der Waals surface area contributed by atoms with E-state index in [1.807, 2.05) is 0 Å². The summed E-state index contributed by atoms with van der Waals surface area (Å²) in [6, 6.07) is 4.33. The number of fused-ring (bicyclic) bond motifs is 2. The maximum Gasteiger partial charge on any atom is 0.334 e. The highest BCUT2D eigenvalue weighted by Crippen LogP contribution is 2.37. The van der Waals surface area contributed by atoms with Gasteiger partial charge in [0.05, 0.1) is 40.0 Å². The van der Waals surface area contributed by atoms with Gasteiger partial charge in [-0.2, -0.15) is 0 Å². The van der Waals surface area contributed by atoms with Crippen molar-refractivity contribution in [2.45, 2.75) is 71.8 Å². The third kappa shape index (κ3) is 7.46. The van der Waals surface area contributed by atoms with Crippen LogP contribution in [0.4, 0.5) is 8.78 Å². The van der Waals surface area contributed by atoms with E-state index in [1.54, 1.807) is 23.2 Å². The van der Waals surface area contributed by atoms with Crippen molar-refractivity contribution in [2.75, 3.05) is 13.2 Å². The van der Waals surface area contributed by atoms with Crippen LogP contribution in [-0.4, -0.2) is 49.1 Å². The maximum atomic E-state index is 15.1. The first-order valence-corrected chi connectivity index (χ1v) is 18.1. The Morgan fingerprint density at radius 2 is 1.50 bits per heavy atom. The SMILES string of the molecule is CCO/C(=C/C(=O)O[C@H](C)CC1CCn2c(Cl)c(-c3cc(O)c(Cl)cc3F)c(=O)n2C1)COc1cc(-c2c(Cl)n3n(c2=O)CCCC3)c(F)cc1Cl. The van der Waals surface area contributed by atoms with Gasteiger partial charge in [-0.3, -0.25) is 19.0 Å². The number of carbonyl (C=O) groups excluding carboxylic acids is 1. The van der Waals surface area contributed by atoms with Crippen LogP contribution in [0.5, 0.6) is 11.5 Å². The Morgan fingerprint density at radius 1 is 0.904 bits per heavy atom. The number of halogens is 6. The van der Waals surface area contributed by atoms with Gasteiger partial charge in [0.2, 0.25) is 0 Å². The molecule has 0 amide bonds. The summed E-state index contributed by atoms with van der Waals surface area (Å²) in [7, 11) is 0. The van der Waals surface area contributed by atoms with Crippen LogP contribution in [0.15, 0.2) is 45.7 Å². The minimum Gasteiger partial charge on any atom is -0.506 e. The van der Waals surface area contributed by atoms with E-state index in [4.69, 9.17) is 60.6 Å². The number of hydrogen-bond acceptors (Lipinski definition) is 7. The molecule has 6 rings (SSSR count). The van der Waals surface area contributed by atoms with Crippen molar-refractivity contribution in [3.63, 3.8) is 0 Å². The van der Waals surface area contributed by atoms with Crippen molar-refractivity contribution in [3.8, 4) is 33.8 Å². The smallest absolute Gasteiger partial charge is 0.334 e. The number of carbonyl (C=O) groups is 1. The quantitative estimate of drug-likeness (QED) is 0.0940. The molecule has 1 N–H and O–H groups in total. The second-order valence-corrected chi connectivity index (χ2v) is 14.1. The molecule has 4 heterocycles. The molecular formula is C35H34Cl4F2N4O7. The number of ether oxygens (including phenoxy) is 3. The third-order valence-corrected chi connectivity index (χ3v) is 10.4. The molecule has 0 aliphatic carbocycles. The molecule has 0 saturated heterocycles. The van der Waals surface area contributed by atoms with Gasteiger partial charge in [-0.15, -0.1) is 0 Å². The molecule has 0 radical (unpaired) electrons. The summed E-state index contributed by atoms with van der Waals surface area (Å²) in [6.45, 7) is 4.97. The molecule has 0 spiro atoms. The van der Waals surface area contributed by atoms with Gasteiger partial charge >= 0.3 is 5.97 Å². The number of hydrogen-bond donors (Lipinski definition) is 1. The number of rotatable bonds is 11. The van der Waals surface area contributed by atoms with Crippen molar-refractivity contribution in [1.29, 1.82) is 0 Å². The number of phenols is 1. The summed E-state index contributed by atoms with van der Waals surface area (Å²) in [5.74, 6) is -2.55. The predicted molar refractivity (Wildman–Crippen MR) is 193 cm³/mol. The fourth-order valence-corrected chi connectivity index (χ4v) is 7.75. The molecule has 0 bridgehead atoms. The van der Waals surface area contributed by atoms with Crippen LogP contribution in [0.25, 0.3) is 22.3 Å². The Labute approximate surface area is 316 Å². The van der Waals surface area contributed by atoms with E-state index in [-0.39, 0.29) is 85.5 Å². The maximum absolute atomic E-state index is 15.1. The van der Waals surface area contributed by atoms with Crippen LogP contribution in [0.1, 0.15) is 39.5 Å². The highest BCUT2D eigenvalue weighted by molar-refractivity contribution is 6.34. The summed E-state index contributed by atoms with van der Waals surface area (Å²) in [5, 5.41) is 9.93. The lowest BCUT2D eigenvalue weighted by atomic mass is 9.97. The number of phenolic OH excluding ortho intramolecular Hbond substituents is 1. The summed E-state index contributed by atoms with van der Waals surface area (Å²) >= 11 is 25.1. The predicted octanol–water partition coefficient (Wildman–Crippen LogP) is 7.68. The monoisotopic (exact) mass is 800 g/mol. The Morgan fingerprint density at radius 3 is 2.15 bits per heavy atom. The topological polar surface area (TPSA) is 119 Å². The van der Waals surface area contributed by atoms with Crippen molar-refractivity contribution < 1.29 is 32.9 Å². The van der Waals surface area contributed by atoms with Crippen molar-refractivity contribution in [1.82, 2.24) is 18.7 Å². The second kappa shape index (κ2) is 15.6. The molecule has 0 saturated carbocycles. The Kier molecular flexibility index (Phi) is 11.3. The molecule has 52 heavy (non-hydrogen) atoms. The van der Waals surface area contributed by atoms with E-state index in [0.29, 0.717) is 32.5 Å². The van der Waals surface area contributed by atoms with Crippen LogP contribution in [-0.2, 0) is 40.4 Å². The average Bonchev–Trinajstić information content (AvgIpc) is 3.49. The summed E-state index contributed by atoms with van der Waals surface area (Å²) in [4.78, 5) is 39.4. The van der Waals surface area contributed by atoms with E-state index in [1.165, 1.54) is 15.4 Å². The van der Waals surface area contributed by atoms with E-state index >= 15 is 4.39 Å². The summed E-state index contributed by atoms with van der Waals surface area (Å²) in [6.07, 6.45) is 3.22. The molecule has 2 aromatic carbocycles. The lowest BCUT2D eigenvalue weighted by molar-refractivity contribution is -0.143. The minimum atomic E-state index is -0.796. The summed E-state index contributed by atoms with van der Waals surface area (Å²) in [5.41, 5.74) is -1.24. The Hall–Kier alpha value is -3.91. The first-order valence-electron chi connectivity index (χ1n) is 16.6. The van der Waals surface area contributed by atoms with Crippen molar-refractivity contribution in [3.05, 3.63) is 88.8 Å². The van der Waals surface area contributed by atoms with E-state index in [9.17, 15) is 23.9 Å². The van der Waals surface area contributed by atoms with Gasteiger partial charge in [-0.1, -0.05) is 46.4 Å². The zero-order valence-corrected chi connectivity index (χ0v) is 31.1. The highest BCUT2D eigenvalue weighted by Gasteiger charge is 2.30. The summed E-state index contributed by atoms with van der Waals surface area (Å²) < 4.78 is 53.1. The first-order chi connectivity index (χ1) is 24.8. The van der Waals surface area contributed by atoms with Crippen LogP contribution in [0.2, 0.25) is 20.4 Å². The average molecular weight is 802 g/mol. The first kappa shape index (κ1) is 37.8. The Bertz CT molecular complexity index is 2190. The highest BCUT2D eigenvalue weighted by atomic mass is 35.5. The molecule has 2 atom stereocenters. The van der Waals surface area contributed by atoms with Gasteiger partial charge in [-0.05, 0) is 69.7 Å².